The Morgan fingerprint density at radius 1 is 0.191 bits per heavy atom. The third-order valence-electron chi connectivity index (χ3n) is 13.3. The van der Waals surface area contributed by atoms with Gasteiger partial charge < -0.3 is 9.80 Å². The second-order valence-corrected chi connectivity index (χ2v) is 17.3. The number of anilines is 6. The van der Waals surface area contributed by atoms with E-state index in [-0.39, 0.29) is 0 Å². The summed E-state index contributed by atoms with van der Waals surface area (Å²) in [6.07, 6.45) is 0. The van der Waals surface area contributed by atoms with Crippen LogP contribution in [0.3, 0.4) is 0 Å². The number of rotatable bonds is 10. The van der Waals surface area contributed by atoms with E-state index in [0.717, 1.165) is 34.1 Å². The molecule has 0 bridgehead atoms. The molecule has 12 aromatic rings. The van der Waals surface area contributed by atoms with Crippen LogP contribution in [0, 0.1) is 0 Å². The first-order chi connectivity index (χ1) is 33.7. The Morgan fingerprint density at radius 3 is 0.897 bits per heavy atom. The van der Waals surface area contributed by atoms with Crippen molar-refractivity contribution in [3.8, 4) is 44.5 Å². The fraction of sp³-hybridized carbons (Fsp3) is 0. The number of benzene rings is 12. The van der Waals surface area contributed by atoms with Crippen molar-refractivity contribution >= 4 is 66.4 Å². The van der Waals surface area contributed by atoms with Gasteiger partial charge in [0, 0.05) is 33.5 Å². The number of hydrogen-bond acceptors (Lipinski definition) is 2. The summed E-state index contributed by atoms with van der Waals surface area (Å²) in [5, 5.41) is 7.37. The van der Waals surface area contributed by atoms with Gasteiger partial charge in [-0.25, -0.2) is 0 Å². The van der Waals surface area contributed by atoms with Gasteiger partial charge in [0.1, 0.15) is 0 Å². The summed E-state index contributed by atoms with van der Waals surface area (Å²) in [4.78, 5) is 4.71. The fourth-order valence-corrected chi connectivity index (χ4v) is 9.93. The van der Waals surface area contributed by atoms with Crippen LogP contribution in [-0.2, 0) is 0 Å². The van der Waals surface area contributed by atoms with Gasteiger partial charge in [0.05, 0.1) is 11.4 Å². The minimum absolute atomic E-state index is 1.12. The van der Waals surface area contributed by atoms with E-state index in [1.165, 1.54) is 76.8 Å². The molecule has 12 aromatic carbocycles. The molecule has 2 heteroatoms. The lowest BCUT2D eigenvalue weighted by Gasteiger charge is -2.27. The van der Waals surface area contributed by atoms with Crippen LogP contribution in [0.2, 0.25) is 0 Å². The molecule has 68 heavy (non-hydrogen) atoms. The molecule has 0 heterocycles. The number of para-hydroxylation sites is 2. The first-order valence-electron chi connectivity index (χ1n) is 23.3. The molecule has 0 atom stereocenters. The molecule has 0 aliphatic heterocycles. The summed E-state index contributed by atoms with van der Waals surface area (Å²) in [7, 11) is 0. The van der Waals surface area contributed by atoms with Crippen LogP contribution in [-0.4, -0.2) is 0 Å². The molecule has 0 aromatic heterocycles. The van der Waals surface area contributed by atoms with Crippen LogP contribution in [0.4, 0.5) is 34.1 Å². The van der Waals surface area contributed by atoms with Gasteiger partial charge in [0.2, 0.25) is 0 Å². The summed E-state index contributed by atoms with van der Waals surface area (Å²) in [5.74, 6) is 0. The zero-order chi connectivity index (χ0) is 45.2. The summed E-state index contributed by atoms with van der Waals surface area (Å²) in [5.41, 5.74) is 16.4. The van der Waals surface area contributed by atoms with E-state index < -0.39 is 0 Å². The van der Waals surface area contributed by atoms with Gasteiger partial charge in [-0.05, 0) is 127 Å². The largest absolute Gasteiger partial charge is 0.310 e. The average molecular weight is 867 g/mol. The van der Waals surface area contributed by atoms with Gasteiger partial charge in [0.25, 0.3) is 0 Å². The highest BCUT2D eigenvalue weighted by atomic mass is 15.1. The summed E-state index contributed by atoms with van der Waals surface area (Å²) >= 11 is 0. The zero-order valence-corrected chi connectivity index (χ0v) is 37.5. The maximum atomic E-state index is 2.35. The van der Waals surface area contributed by atoms with Gasteiger partial charge in [-0.15, -0.1) is 0 Å². The Hall–Kier alpha value is -8.98. The molecular formula is C66H46N2. The number of nitrogens with zero attached hydrogens (tertiary/aromatic N) is 2. The zero-order valence-electron chi connectivity index (χ0n) is 37.5. The highest BCUT2D eigenvalue weighted by Gasteiger charge is 2.18. The SMILES string of the molecule is c1ccc(N(c2ccc(-c3ccc(-c4cccc5cccc(-c6ccc(-c7ccc(N(c8ccccc8)c8cccc9ccccc89)cc7)cc6)c45)cc3)cc2)c2cccc3ccccc23)cc1. The van der Waals surface area contributed by atoms with Crippen molar-refractivity contribution in [2.75, 3.05) is 9.80 Å². The topological polar surface area (TPSA) is 6.48 Å². The molecule has 0 unspecified atom stereocenters. The van der Waals surface area contributed by atoms with E-state index in [4.69, 9.17) is 0 Å². The summed E-state index contributed by atoms with van der Waals surface area (Å²) < 4.78 is 0. The van der Waals surface area contributed by atoms with E-state index in [0.29, 0.717) is 0 Å². The van der Waals surface area contributed by atoms with Crippen LogP contribution in [0.15, 0.2) is 279 Å². The van der Waals surface area contributed by atoms with E-state index in [9.17, 15) is 0 Å². The molecule has 0 saturated carbocycles. The summed E-state index contributed by atoms with van der Waals surface area (Å²) in [6, 6.07) is 101. The molecule has 320 valence electrons. The minimum Gasteiger partial charge on any atom is -0.310 e. The monoisotopic (exact) mass is 866 g/mol. The van der Waals surface area contributed by atoms with Gasteiger partial charge in [-0.3, -0.25) is 0 Å². The van der Waals surface area contributed by atoms with Crippen molar-refractivity contribution in [3.63, 3.8) is 0 Å². The Bertz CT molecular complexity index is 3440. The molecular weight excluding hydrogens is 821 g/mol. The van der Waals surface area contributed by atoms with Gasteiger partial charge >= 0.3 is 0 Å². The second-order valence-electron chi connectivity index (χ2n) is 17.3. The molecule has 0 aliphatic rings. The maximum Gasteiger partial charge on any atom is 0.0540 e. The van der Waals surface area contributed by atoms with E-state index >= 15 is 0 Å². The van der Waals surface area contributed by atoms with Gasteiger partial charge in [-0.2, -0.15) is 0 Å². The number of fused-ring (bicyclic) bond motifs is 3. The molecule has 0 aliphatic carbocycles. The minimum atomic E-state index is 1.12. The van der Waals surface area contributed by atoms with Gasteiger partial charge in [-0.1, -0.05) is 218 Å². The normalized spacial score (nSPS) is 11.2. The van der Waals surface area contributed by atoms with Gasteiger partial charge in [0.15, 0.2) is 0 Å². The van der Waals surface area contributed by atoms with Crippen LogP contribution < -0.4 is 9.80 Å². The van der Waals surface area contributed by atoms with Crippen LogP contribution in [0.1, 0.15) is 0 Å². The predicted octanol–water partition coefficient (Wildman–Crippen LogP) is 18.8. The first kappa shape index (κ1) is 40.5. The fourth-order valence-electron chi connectivity index (χ4n) is 9.93. The Kier molecular flexibility index (Phi) is 10.6. The average Bonchev–Trinajstić information content (AvgIpc) is 3.42. The van der Waals surface area contributed by atoms with Crippen molar-refractivity contribution in [3.05, 3.63) is 279 Å². The highest BCUT2D eigenvalue weighted by Crippen LogP contribution is 2.43. The quantitative estimate of drug-likeness (QED) is 0.135. The van der Waals surface area contributed by atoms with E-state index in [2.05, 4.69) is 289 Å². The molecule has 0 spiro atoms. The van der Waals surface area contributed by atoms with E-state index in [1.54, 1.807) is 0 Å². The van der Waals surface area contributed by atoms with Crippen LogP contribution in [0.25, 0.3) is 76.8 Å². The number of hydrogen-bond donors (Lipinski definition) is 0. The predicted molar refractivity (Wildman–Crippen MR) is 290 cm³/mol. The molecule has 0 N–H and O–H groups in total. The van der Waals surface area contributed by atoms with Crippen LogP contribution in [0.5, 0.6) is 0 Å². The standard InChI is InChI=1S/C66H46N2/c1-3-21-56(22-4-1)67(64-29-13-17-51-15-7-9-25-60(51)64)58-43-39-49(40-44-58)47-31-35-53(36-32-47)62-27-11-19-55-20-12-28-63(66(55)62)54-37-33-48(34-38-54)50-41-45-59(46-42-50)68(57-23-5-2-6-24-57)65-30-14-18-52-16-8-10-26-61(52)65/h1-46H. The Balaban J connectivity index is 0.824. The van der Waals surface area contributed by atoms with E-state index in [1.807, 2.05) is 0 Å². The van der Waals surface area contributed by atoms with Crippen molar-refractivity contribution in [1.29, 1.82) is 0 Å². The first-order valence-corrected chi connectivity index (χ1v) is 23.3. The lowest BCUT2D eigenvalue weighted by molar-refractivity contribution is 1.30. The maximum absolute atomic E-state index is 2.35. The lowest BCUT2D eigenvalue weighted by atomic mass is 9.90. The third kappa shape index (κ3) is 7.64. The molecule has 12 rings (SSSR count). The lowest BCUT2D eigenvalue weighted by Crippen LogP contribution is -2.10. The summed E-state index contributed by atoms with van der Waals surface area (Å²) in [6.45, 7) is 0. The third-order valence-corrected chi connectivity index (χ3v) is 13.3. The van der Waals surface area contributed by atoms with Crippen molar-refractivity contribution in [2.24, 2.45) is 0 Å². The molecule has 2 nitrogen and oxygen atoms in total. The van der Waals surface area contributed by atoms with Crippen LogP contribution >= 0.6 is 0 Å². The van der Waals surface area contributed by atoms with Crippen molar-refractivity contribution in [2.45, 2.75) is 0 Å². The molecule has 0 saturated heterocycles. The molecule has 0 amide bonds. The molecule has 0 radical (unpaired) electrons. The molecule has 0 fully saturated rings. The smallest absolute Gasteiger partial charge is 0.0540 e. The second kappa shape index (κ2) is 17.8. The van der Waals surface area contributed by atoms with Crippen molar-refractivity contribution in [1.82, 2.24) is 0 Å². The van der Waals surface area contributed by atoms with Crippen molar-refractivity contribution < 1.29 is 0 Å². The Labute approximate surface area is 397 Å². The Morgan fingerprint density at radius 2 is 0.485 bits per heavy atom. The highest BCUT2D eigenvalue weighted by molar-refractivity contribution is 6.07.